The standard InChI is InChI=1S/C15H19N3OS/c1-3-7-16-14-9-12(6-8-17-14)15(19)18-10-13-5-4-11(2)20-13/h4-6,8-9H,3,7,10H2,1-2H3,(H,16,17)(H,18,19). The Morgan fingerprint density at radius 3 is 2.90 bits per heavy atom. The quantitative estimate of drug-likeness (QED) is 0.858. The van der Waals surface area contributed by atoms with E-state index in [1.54, 1.807) is 29.7 Å². The highest BCUT2D eigenvalue weighted by atomic mass is 32.1. The topological polar surface area (TPSA) is 54.0 Å². The molecule has 0 atom stereocenters. The van der Waals surface area contributed by atoms with Crippen LogP contribution >= 0.6 is 11.3 Å². The monoisotopic (exact) mass is 289 g/mol. The van der Waals surface area contributed by atoms with Crippen molar-refractivity contribution in [2.24, 2.45) is 0 Å². The molecule has 2 heterocycles. The Morgan fingerprint density at radius 1 is 1.35 bits per heavy atom. The van der Waals surface area contributed by atoms with Crippen LogP contribution in [-0.2, 0) is 6.54 Å². The second-order valence-electron chi connectivity index (χ2n) is 4.55. The fourth-order valence-corrected chi connectivity index (χ4v) is 2.60. The molecule has 0 radical (unpaired) electrons. The van der Waals surface area contributed by atoms with Crippen molar-refractivity contribution in [3.05, 3.63) is 45.8 Å². The Bertz CT molecular complexity index is 580. The van der Waals surface area contributed by atoms with Crippen LogP contribution < -0.4 is 10.6 Å². The molecule has 2 aromatic heterocycles. The molecule has 0 spiro atoms. The SMILES string of the molecule is CCCNc1cc(C(=O)NCc2ccc(C)s2)ccn1. The van der Waals surface area contributed by atoms with Crippen LogP contribution in [0.2, 0.25) is 0 Å². The third-order valence-electron chi connectivity index (χ3n) is 2.80. The first kappa shape index (κ1) is 14.5. The average molecular weight is 289 g/mol. The number of pyridine rings is 1. The average Bonchev–Trinajstić information content (AvgIpc) is 2.88. The largest absolute Gasteiger partial charge is 0.370 e. The first-order chi connectivity index (χ1) is 9.69. The highest BCUT2D eigenvalue weighted by Crippen LogP contribution is 2.15. The molecule has 0 aliphatic heterocycles. The van der Waals surface area contributed by atoms with E-state index in [1.165, 1.54) is 4.88 Å². The molecule has 20 heavy (non-hydrogen) atoms. The summed E-state index contributed by atoms with van der Waals surface area (Å²) in [7, 11) is 0. The van der Waals surface area contributed by atoms with Crippen LogP contribution in [0.4, 0.5) is 5.82 Å². The summed E-state index contributed by atoms with van der Waals surface area (Å²) in [5.41, 5.74) is 0.631. The minimum Gasteiger partial charge on any atom is -0.370 e. The molecule has 0 aliphatic carbocycles. The smallest absolute Gasteiger partial charge is 0.251 e. The summed E-state index contributed by atoms with van der Waals surface area (Å²) in [5, 5.41) is 6.11. The molecule has 0 aliphatic rings. The van der Waals surface area contributed by atoms with E-state index in [4.69, 9.17) is 0 Å². The second kappa shape index (κ2) is 7.05. The normalized spacial score (nSPS) is 10.3. The van der Waals surface area contributed by atoms with Crippen LogP contribution in [-0.4, -0.2) is 17.4 Å². The van der Waals surface area contributed by atoms with Crippen LogP contribution in [0.25, 0.3) is 0 Å². The van der Waals surface area contributed by atoms with E-state index in [1.807, 2.05) is 6.07 Å². The number of carbonyl (C=O) groups excluding carboxylic acids is 1. The van der Waals surface area contributed by atoms with Crippen LogP contribution in [0.15, 0.2) is 30.5 Å². The van der Waals surface area contributed by atoms with Crippen LogP contribution in [0, 0.1) is 6.92 Å². The van der Waals surface area contributed by atoms with Crippen LogP contribution in [0.1, 0.15) is 33.5 Å². The number of nitrogens with zero attached hydrogens (tertiary/aromatic N) is 1. The van der Waals surface area contributed by atoms with Gasteiger partial charge in [-0.2, -0.15) is 0 Å². The minimum atomic E-state index is -0.0713. The summed E-state index contributed by atoms with van der Waals surface area (Å²) in [6.45, 7) is 5.57. The molecule has 1 amide bonds. The van der Waals surface area contributed by atoms with Gasteiger partial charge in [0.15, 0.2) is 0 Å². The summed E-state index contributed by atoms with van der Waals surface area (Å²) < 4.78 is 0. The fraction of sp³-hybridized carbons (Fsp3) is 0.333. The number of aromatic nitrogens is 1. The fourth-order valence-electron chi connectivity index (χ4n) is 1.77. The Kier molecular flexibility index (Phi) is 5.12. The van der Waals surface area contributed by atoms with Gasteiger partial charge in [-0.3, -0.25) is 4.79 Å². The number of rotatable bonds is 6. The number of thiophene rings is 1. The summed E-state index contributed by atoms with van der Waals surface area (Å²) in [6.07, 6.45) is 2.68. The number of hydrogen-bond donors (Lipinski definition) is 2. The Labute approximate surface area is 123 Å². The van der Waals surface area contributed by atoms with E-state index in [-0.39, 0.29) is 5.91 Å². The van der Waals surface area contributed by atoms with Crippen molar-refractivity contribution >= 4 is 23.1 Å². The molecule has 4 nitrogen and oxygen atoms in total. The maximum Gasteiger partial charge on any atom is 0.251 e. The van der Waals surface area contributed by atoms with E-state index in [0.717, 1.165) is 23.7 Å². The molecule has 0 saturated carbocycles. The first-order valence-electron chi connectivity index (χ1n) is 6.72. The van der Waals surface area contributed by atoms with E-state index in [2.05, 4.69) is 35.5 Å². The van der Waals surface area contributed by atoms with Gasteiger partial charge >= 0.3 is 0 Å². The number of aryl methyl sites for hydroxylation is 1. The zero-order chi connectivity index (χ0) is 14.4. The van der Waals surface area contributed by atoms with Gasteiger partial charge in [-0.05, 0) is 37.6 Å². The lowest BCUT2D eigenvalue weighted by Gasteiger charge is -2.07. The van der Waals surface area contributed by atoms with Gasteiger partial charge in [0, 0.05) is 28.1 Å². The van der Waals surface area contributed by atoms with E-state index in [0.29, 0.717) is 12.1 Å². The van der Waals surface area contributed by atoms with Crippen molar-refractivity contribution in [2.75, 3.05) is 11.9 Å². The number of anilines is 1. The van der Waals surface area contributed by atoms with Gasteiger partial charge in [-0.15, -0.1) is 11.3 Å². The Morgan fingerprint density at radius 2 is 2.20 bits per heavy atom. The highest BCUT2D eigenvalue weighted by molar-refractivity contribution is 7.11. The maximum absolute atomic E-state index is 12.1. The number of nitrogens with one attached hydrogen (secondary N) is 2. The van der Waals surface area contributed by atoms with E-state index in [9.17, 15) is 4.79 Å². The lowest BCUT2D eigenvalue weighted by atomic mass is 10.2. The molecule has 0 aromatic carbocycles. The minimum absolute atomic E-state index is 0.0713. The summed E-state index contributed by atoms with van der Waals surface area (Å²) in [6, 6.07) is 7.61. The number of amides is 1. The second-order valence-corrected chi connectivity index (χ2v) is 5.92. The molecular weight excluding hydrogens is 270 g/mol. The lowest BCUT2D eigenvalue weighted by Crippen LogP contribution is -2.22. The molecule has 0 saturated heterocycles. The van der Waals surface area contributed by atoms with E-state index < -0.39 is 0 Å². The summed E-state index contributed by atoms with van der Waals surface area (Å²) in [5.74, 6) is 0.671. The molecule has 2 rings (SSSR count). The molecule has 0 fully saturated rings. The van der Waals surface area contributed by atoms with Gasteiger partial charge in [0.2, 0.25) is 0 Å². The van der Waals surface area contributed by atoms with Gasteiger partial charge in [-0.1, -0.05) is 6.92 Å². The van der Waals surface area contributed by atoms with Gasteiger partial charge in [-0.25, -0.2) is 4.98 Å². The zero-order valence-electron chi connectivity index (χ0n) is 11.8. The highest BCUT2D eigenvalue weighted by Gasteiger charge is 2.07. The molecule has 2 N–H and O–H groups in total. The van der Waals surface area contributed by atoms with Gasteiger partial charge < -0.3 is 10.6 Å². The first-order valence-corrected chi connectivity index (χ1v) is 7.54. The lowest BCUT2D eigenvalue weighted by molar-refractivity contribution is 0.0951. The van der Waals surface area contributed by atoms with Crippen molar-refractivity contribution in [3.63, 3.8) is 0 Å². The summed E-state index contributed by atoms with van der Waals surface area (Å²) in [4.78, 5) is 18.7. The van der Waals surface area contributed by atoms with Gasteiger partial charge in [0.25, 0.3) is 5.91 Å². The molecule has 2 aromatic rings. The Hall–Kier alpha value is -1.88. The van der Waals surface area contributed by atoms with Crippen molar-refractivity contribution < 1.29 is 4.79 Å². The third-order valence-corrected chi connectivity index (χ3v) is 3.80. The predicted octanol–water partition coefficient (Wildman–Crippen LogP) is 3.20. The van der Waals surface area contributed by atoms with Crippen molar-refractivity contribution in [3.8, 4) is 0 Å². The molecule has 106 valence electrons. The summed E-state index contributed by atoms with van der Waals surface area (Å²) >= 11 is 1.70. The van der Waals surface area contributed by atoms with Crippen LogP contribution in [0.5, 0.6) is 0 Å². The Balaban J connectivity index is 1.94. The van der Waals surface area contributed by atoms with Gasteiger partial charge in [0.1, 0.15) is 5.82 Å². The van der Waals surface area contributed by atoms with Crippen LogP contribution in [0.3, 0.4) is 0 Å². The third kappa shape index (κ3) is 4.06. The zero-order valence-corrected chi connectivity index (χ0v) is 12.6. The van der Waals surface area contributed by atoms with E-state index >= 15 is 0 Å². The molecule has 0 bridgehead atoms. The number of carbonyl (C=O) groups is 1. The van der Waals surface area contributed by atoms with Crippen molar-refractivity contribution in [1.29, 1.82) is 0 Å². The molecular formula is C15H19N3OS. The predicted molar refractivity (Wildman–Crippen MR) is 83.2 cm³/mol. The molecule has 5 heteroatoms. The van der Waals surface area contributed by atoms with Gasteiger partial charge in [0.05, 0.1) is 6.54 Å². The van der Waals surface area contributed by atoms with Crippen molar-refractivity contribution in [1.82, 2.24) is 10.3 Å². The molecule has 0 unspecified atom stereocenters. The maximum atomic E-state index is 12.1. The van der Waals surface area contributed by atoms with Crippen molar-refractivity contribution in [2.45, 2.75) is 26.8 Å². The number of hydrogen-bond acceptors (Lipinski definition) is 4.